The maximum Gasteiger partial charge on any atom is 0.245 e. The quantitative estimate of drug-likeness (QED) is 0.431. The predicted octanol–water partition coefficient (Wildman–Crippen LogP) is 5.08. The Balaban J connectivity index is 2.44. The van der Waals surface area contributed by atoms with Crippen molar-refractivity contribution >= 4 is 17.6 Å². The Kier molecular flexibility index (Phi) is 12.2. The third-order valence-electron chi connectivity index (χ3n) is 4.61. The van der Waals surface area contributed by atoms with Crippen LogP contribution in [-0.4, -0.2) is 35.0 Å². The van der Waals surface area contributed by atoms with E-state index in [4.69, 9.17) is 4.52 Å². The Morgan fingerprint density at radius 1 is 1.00 bits per heavy atom. The minimum atomic E-state index is -0.227. The van der Waals surface area contributed by atoms with Gasteiger partial charge in [-0.3, -0.25) is 9.59 Å². The smallest absolute Gasteiger partial charge is 0.245 e. The van der Waals surface area contributed by atoms with E-state index in [0.717, 1.165) is 38.5 Å². The second kappa shape index (κ2) is 14.2. The molecule has 0 atom stereocenters. The van der Waals surface area contributed by atoms with Gasteiger partial charge in [-0.2, -0.15) is 0 Å². The first kappa shape index (κ1) is 23.2. The summed E-state index contributed by atoms with van der Waals surface area (Å²) >= 11 is 0. The molecular weight excluding hydrogens is 342 g/mol. The summed E-state index contributed by atoms with van der Waals surface area (Å²) in [5.41, 5.74) is 0. The third-order valence-corrected chi connectivity index (χ3v) is 4.61. The highest BCUT2D eigenvalue weighted by atomic mass is 16.5. The standard InChI is InChI=1S/C21H37N3O3/c1-4-6-8-10-11-12-14-21(26)24(15-13-9-7-5-2)17-20(25)22-19-16-18(3)27-23-19/h16H,4-15,17H2,1-3H3,(H,22,23,25). The lowest BCUT2D eigenvalue weighted by Crippen LogP contribution is -2.38. The molecule has 1 aromatic heterocycles. The van der Waals surface area contributed by atoms with Gasteiger partial charge in [0.25, 0.3) is 0 Å². The van der Waals surface area contributed by atoms with Crippen molar-refractivity contribution in [2.24, 2.45) is 0 Å². The molecule has 1 aromatic rings. The van der Waals surface area contributed by atoms with E-state index in [0.29, 0.717) is 24.5 Å². The van der Waals surface area contributed by atoms with Gasteiger partial charge in [-0.05, 0) is 19.8 Å². The van der Waals surface area contributed by atoms with Gasteiger partial charge in [0.2, 0.25) is 11.8 Å². The second-order valence-corrected chi connectivity index (χ2v) is 7.26. The molecule has 0 aliphatic rings. The fourth-order valence-electron chi connectivity index (χ4n) is 3.02. The molecule has 6 heteroatoms. The van der Waals surface area contributed by atoms with Crippen molar-refractivity contribution in [3.8, 4) is 0 Å². The van der Waals surface area contributed by atoms with Gasteiger partial charge in [0.15, 0.2) is 5.82 Å². The van der Waals surface area contributed by atoms with Crippen molar-refractivity contribution in [1.29, 1.82) is 0 Å². The number of carbonyl (C=O) groups is 2. The van der Waals surface area contributed by atoms with Gasteiger partial charge in [-0.1, -0.05) is 70.4 Å². The minimum absolute atomic E-state index is 0.0761. The SMILES string of the molecule is CCCCCCCCC(=O)N(CCCCCC)CC(=O)Nc1cc(C)on1. The first-order chi connectivity index (χ1) is 13.1. The Hall–Kier alpha value is -1.85. The number of aromatic nitrogens is 1. The molecule has 0 fully saturated rings. The Bertz CT molecular complexity index is 543. The highest BCUT2D eigenvalue weighted by molar-refractivity contribution is 5.93. The van der Waals surface area contributed by atoms with E-state index >= 15 is 0 Å². The van der Waals surface area contributed by atoms with Crippen LogP contribution in [0.2, 0.25) is 0 Å². The number of nitrogens with zero attached hydrogens (tertiary/aromatic N) is 2. The van der Waals surface area contributed by atoms with E-state index in [1.807, 2.05) is 0 Å². The van der Waals surface area contributed by atoms with Crippen molar-refractivity contribution in [2.45, 2.75) is 91.4 Å². The van der Waals surface area contributed by atoms with Crippen LogP contribution in [-0.2, 0) is 9.59 Å². The van der Waals surface area contributed by atoms with Crippen molar-refractivity contribution < 1.29 is 14.1 Å². The number of hydrogen-bond donors (Lipinski definition) is 1. The van der Waals surface area contributed by atoms with Crippen molar-refractivity contribution in [2.75, 3.05) is 18.4 Å². The Labute approximate surface area is 164 Å². The second-order valence-electron chi connectivity index (χ2n) is 7.26. The van der Waals surface area contributed by atoms with Gasteiger partial charge in [0.05, 0.1) is 6.54 Å². The van der Waals surface area contributed by atoms with Gasteiger partial charge in [-0.15, -0.1) is 0 Å². The molecule has 6 nitrogen and oxygen atoms in total. The van der Waals surface area contributed by atoms with Crippen molar-refractivity contribution in [3.63, 3.8) is 0 Å². The van der Waals surface area contributed by atoms with E-state index in [1.165, 1.54) is 25.7 Å². The highest BCUT2D eigenvalue weighted by Gasteiger charge is 2.17. The molecule has 0 aliphatic carbocycles. The molecule has 1 heterocycles. The van der Waals surface area contributed by atoms with E-state index in [1.54, 1.807) is 17.9 Å². The fraction of sp³-hybridized carbons (Fsp3) is 0.762. The molecule has 0 radical (unpaired) electrons. The lowest BCUT2D eigenvalue weighted by Gasteiger charge is -2.22. The zero-order chi connectivity index (χ0) is 19.9. The first-order valence-electron chi connectivity index (χ1n) is 10.6. The zero-order valence-corrected chi connectivity index (χ0v) is 17.4. The topological polar surface area (TPSA) is 75.4 Å². The van der Waals surface area contributed by atoms with Crippen LogP contribution in [0.1, 0.15) is 90.2 Å². The highest BCUT2D eigenvalue weighted by Crippen LogP contribution is 2.11. The number of rotatable bonds is 15. The van der Waals surface area contributed by atoms with Gasteiger partial charge in [0, 0.05) is 19.0 Å². The number of hydrogen-bond acceptors (Lipinski definition) is 4. The summed E-state index contributed by atoms with van der Waals surface area (Å²) in [5, 5.41) is 6.47. The average Bonchev–Trinajstić information content (AvgIpc) is 3.05. The third kappa shape index (κ3) is 10.8. The molecule has 0 bridgehead atoms. The average molecular weight is 380 g/mol. The number of nitrogens with one attached hydrogen (secondary N) is 1. The monoisotopic (exact) mass is 379 g/mol. The minimum Gasteiger partial charge on any atom is -0.360 e. The summed E-state index contributed by atoms with van der Waals surface area (Å²) in [4.78, 5) is 26.6. The largest absolute Gasteiger partial charge is 0.360 e. The summed E-state index contributed by atoms with van der Waals surface area (Å²) in [6.07, 6.45) is 11.8. The summed E-state index contributed by atoms with van der Waals surface area (Å²) in [5.74, 6) is 0.885. The van der Waals surface area contributed by atoms with Gasteiger partial charge in [0.1, 0.15) is 5.76 Å². The van der Waals surface area contributed by atoms with E-state index in [9.17, 15) is 9.59 Å². The maximum absolute atomic E-state index is 12.6. The fourth-order valence-corrected chi connectivity index (χ4v) is 3.02. The molecule has 0 aliphatic heterocycles. The molecule has 0 spiro atoms. The van der Waals surface area contributed by atoms with E-state index < -0.39 is 0 Å². The van der Waals surface area contributed by atoms with Gasteiger partial charge < -0.3 is 14.7 Å². The van der Waals surface area contributed by atoms with Crippen LogP contribution in [0.3, 0.4) is 0 Å². The number of unbranched alkanes of at least 4 members (excludes halogenated alkanes) is 8. The van der Waals surface area contributed by atoms with Crippen LogP contribution < -0.4 is 5.32 Å². The van der Waals surface area contributed by atoms with Crippen LogP contribution in [0.15, 0.2) is 10.6 Å². The lowest BCUT2D eigenvalue weighted by atomic mass is 10.1. The zero-order valence-electron chi connectivity index (χ0n) is 17.4. The van der Waals surface area contributed by atoms with Gasteiger partial charge in [-0.25, -0.2) is 0 Å². The predicted molar refractivity (Wildman–Crippen MR) is 109 cm³/mol. The lowest BCUT2D eigenvalue weighted by molar-refractivity contribution is -0.134. The molecule has 0 saturated heterocycles. The van der Waals surface area contributed by atoms with E-state index in [-0.39, 0.29) is 18.4 Å². The van der Waals surface area contributed by atoms with Crippen molar-refractivity contribution in [3.05, 3.63) is 11.8 Å². The molecule has 0 saturated carbocycles. The summed E-state index contributed by atoms with van der Waals surface area (Å²) in [6.45, 7) is 6.85. The maximum atomic E-state index is 12.6. The van der Waals surface area contributed by atoms with E-state index in [2.05, 4.69) is 24.3 Å². The molecule has 1 rings (SSSR count). The number of anilines is 1. The van der Waals surface area contributed by atoms with Crippen LogP contribution in [0.4, 0.5) is 5.82 Å². The molecule has 0 aromatic carbocycles. The first-order valence-corrected chi connectivity index (χ1v) is 10.6. The molecule has 27 heavy (non-hydrogen) atoms. The summed E-state index contributed by atoms with van der Waals surface area (Å²) < 4.78 is 4.96. The van der Waals surface area contributed by atoms with Crippen LogP contribution in [0.5, 0.6) is 0 Å². The molecular formula is C21H37N3O3. The Morgan fingerprint density at radius 2 is 1.63 bits per heavy atom. The summed E-state index contributed by atoms with van der Waals surface area (Å²) in [7, 11) is 0. The normalized spacial score (nSPS) is 10.8. The number of aryl methyl sites for hydroxylation is 1. The van der Waals surface area contributed by atoms with Crippen LogP contribution in [0.25, 0.3) is 0 Å². The number of amides is 2. The van der Waals surface area contributed by atoms with Crippen LogP contribution in [0, 0.1) is 6.92 Å². The summed E-state index contributed by atoms with van der Waals surface area (Å²) in [6, 6.07) is 1.67. The molecule has 1 N–H and O–H groups in total. The van der Waals surface area contributed by atoms with Gasteiger partial charge >= 0.3 is 0 Å². The molecule has 0 unspecified atom stereocenters. The molecule has 154 valence electrons. The Morgan fingerprint density at radius 3 is 2.26 bits per heavy atom. The molecule has 2 amide bonds. The van der Waals surface area contributed by atoms with Crippen LogP contribution >= 0.6 is 0 Å². The number of carbonyl (C=O) groups excluding carboxylic acids is 2. The van der Waals surface area contributed by atoms with Crippen molar-refractivity contribution in [1.82, 2.24) is 10.1 Å².